The van der Waals surface area contributed by atoms with Crippen LogP contribution in [0.5, 0.6) is 0 Å². The predicted molar refractivity (Wildman–Crippen MR) is 94.2 cm³/mol. The number of amides is 2. The number of hydrogen-bond acceptors (Lipinski definition) is 7. The van der Waals surface area contributed by atoms with Crippen LogP contribution in [0, 0.1) is 0 Å². The molecule has 3 atom stereocenters. The largest absolute Gasteiger partial charge is 0.481 e. The van der Waals surface area contributed by atoms with Crippen molar-refractivity contribution in [2.75, 3.05) is 6.54 Å². The van der Waals surface area contributed by atoms with Crippen LogP contribution in [0.25, 0.3) is 0 Å². The van der Waals surface area contributed by atoms with Crippen LogP contribution in [0.3, 0.4) is 0 Å². The molecular formula is C16H27N4O7. The third-order valence-electron chi connectivity index (χ3n) is 3.69. The van der Waals surface area contributed by atoms with E-state index in [1.165, 1.54) is 0 Å². The highest BCUT2D eigenvalue weighted by atomic mass is 16.4. The second kappa shape index (κ2) is 13.6. The molecule has 11 nitrogen and oxygen atoms in total. The number of unbranched alkanes of at least 4 members (excludes halogenated alkanes) is 1. The van der Waals surface area contributed by atoms with Crippen LogP contribution in [-0.2, 0) is 24.0 Å². The molecule has 0 heterocycles. The third kappa shape index (κ3) is 11.7. The Balaban J connectivity index is 4.86. The van der Waals surface area contributed by atoms with Gasteiger partial charge in [0.1, 0.15) is 6.04 Å². The Bertz CT molecular complexity index is 527. The fourth-order valence-electron chi connectivity index (χ4n) is 2.15. The zero-order valence-electron chi connectivity index (χ0n) is 15.0. The zero-order chi connectivity index (χ0) is 20.8. The van der Waals surface area contributed by atoms with Crippen LogP contribution in [0.2, 0.25) is 0 Å². The van der Waals surface area contributed by atoms with Crippen molar-refractivity contribution in [1.29, 1.82) is 0 Å². The van der Waals surface area contributed by atoms with Gasteiger partial charge < -0.3 is 32.3 Å². The summed E-state index contributed by atoms with van der Waals surface area (Å²) in [6, 6.07) is -3.24. The Kier molecular flexibility index (Phi) is 12.4. The highest BCUT2D eigenvalue weighted by Gasteiger charge is 2.25. The smallest absolute Gasteiger partial charge is 0.303 e. The van der Waals surface area contributed by atoms with E-state index in [9.17, 15) is 24.0 Å². The number of carbonyl (C=O) groups excluding carboxylic acids is 3. The maximum atomic E-state index is 12.4. The number of carbonyl (C=O) groups is 4. The van der Waals surface area contributed by atoms with Crippen LogP contribution >= 0.6 is 0 Å². The first-order valence-electron chi connectivity index (χ1n) is 8.58. The normalized spacial score (nSPS) is 13.9. The lowest BCUT2D eigenvalue weighted by Gasteiger charge is -2.22. The highest BCUT2D eigenvalue weighted by molar-refractivity contribution is 5.91. The standard InChI is InChI=1S/C16H27N4O7/c17-8-2-1-3-12(20-15(26)11(18)5-7-14(24)25)16(27)19-10(9-21)4-6-13(22)23/h10-12H,1-8,17-18H2,(H,19,27)(H,20,26)(H,22,23)(H,24,25)/t10-,11-,12-/m0/s1. The summed E-state index contributed by atoms with van der Waals surface area (Å²) in [7, 11) is 0. The predicted octanol–water partition coefficient (Wildman–Crippen LogP) is -1.75. The molecule has 0 rings (SSSR count). The number of carboxylic acid groups (broad SMARTS) is 2. The van der Waals surface area contributed by atoms with Gasteiger partial charge in [-0.05, 0) is 38.6 Å². The van der Waals surface area contributed by atoms with Gasteiger partial charge in [0, 0.05) is 12.8 Å². The number of aliphatic carboxylic acids is 2. The summed E-state index contributed by atoms with van der Waals surface area (Å²) in [4.78, 5) is 56.5. The van der Waals surface area contributed by atoms with Gasteiger partial charge in [0.05, 0.1) is 12.1 Å². The summed E-state index contributed by atoms with van der Waals surface area (Å²) >= 11 is 0. The summed E-state index contributed by atoms with van der Waals surface area (Å²) < 4.78 is 0. The van der Waals surface area contributed by atoms with Crippen molar-refractivity contribution in [1.82, 2.24) is 10.6 Å². The molecular weight excluding hydrogens is 360 g/mol. The number of nitrogens with two attached hydrogens (primary N) is 2. The molecule has 0 aromatic heterocycles. The van der Waals surface area contributed by atoms with Crippen molar-refractivity contribution < 1.29 is 34.2 Å². The molecule has 0 saturated heterocycles. The van der Waals surface area contributed by atoms with E-state index in [2.05, 4.69) is 10.6 Å². The topological polar surface area (TPSA) is 202 Å². The van der Waals surface area contributed by atoms with E-state index in [0.29, 0.717) is 19.4 Å². The van der Waals surface area contributed by atoms with Gasteiger partial charge in [-0.1, -0.05) is 0 Å². The minimum atomic E-state index is -1.12. The van der Waals surface area contributed by atoms with Gasteiger partial charge in [-0.15, -0.1) is 0 Å². The average Bonchev–Trinajstić information content (AvgIpc) is 2.61. The van der Waals surface area contributed by atoms with Crippen LogP contribution in [-0.4, -0.2) is 64.9 Å². The average molecular weight is 387 g/mol. The summed E-state index contributed by atoms with van der Waals surface area (Å²) in [5, 5.41) is 22.1. The van der Waals surface area contributed by atoms with Crippen molar-refractivity contribution in [2.24, 2.45) is 11.5 Å². The fraction of sp³-hybridized carbons (Fsp3) is 0.688. The molecule has 1 radical (unpaired) electrons. The van der Waals surface area contributed by atoms with Crippen molar-refractivity contribution in [3.05, 3.63) is 0 Å². The first-order valence-corrected chi connectivity index (χ1v) is 8.58. The molecule has 0 spiro atoms. The SMILES string of the molecule is NCCCC[C@H](NC(=O)[C@@H](N)CCC(=O)O)C(=O)N[C@H]([C]=O)CCC(=O)O. The molecule has 0 aliphatic rings. The Hall–Kier alpha value is -2.53. The molecule has 8 N–H and O–H groups in total. The lowest BCUT2D eigenvalue weighted by Crippen LogP contribution is -2.53. The van der Waals surface area contributed by atoms with Gasteiger partial charge in [0.25, 0.3) is 0 Å². The van der Waals surface area contributed by atoms with Gasteiger partial charge >= 0.3 is 11.9 Å². The molecule has 27 heavy (non-hydrogen) atoms. The number of carboxylic acids is 2. The molecule has 0 aliphatic heterocycles. The van der Waals surface area contributed by atoms with Gasteiger partial charge in [0.2, 0.25) is 18.1 Å². The quantitative estimate of drug-likeness (QED) is 0.176. The molecule has 153 valence electrons. The molecule has 0 bridgehead atoms. The van der Waals surface area contributed by atoms with Crippen LogP contribution in [0.4, 0.5) is 0 Å². The molecule has 0 saturated carbocycles. The van der Waals surface area contributed by atoms with E-state index in [4.69, 9.17) is 21.7 Å². The minimum Gasteiger partial charge on any atom is -0.481 e. The maximum absolute atomic E-state index is 12.4. The van der Waals surface area contributed by atoms with E-state index < -0.39 is 41.9 Å². The number of hydrogen-bond donors (Lipinski definition) is 6. The molecule has 0 aliphatic carbocycles. The second-order valence-electron chi connectivity index (χ2n) is 6.00. The minimum absolute atomic E-state index is 0.0956. The van der Waals surface area contributed by atoms with E-state index >= 15 is 0 Å². The van der Waals surface area contributed by atoms with Crippen LogP contribution in [0.15, 0.2) is 0 Å². The monoisotopic (exact) mass is 387 g/mol. The Morgan fingerprint density at radius 2 is 1.48 bits per heavy atom. The van der Waals surface area contributed by atoms with Crippen LogP contribution in [0.1, 0.15) is 44.9 Å². The number of nitrogens with one attached hydrogen (secondary N) is 2. The molecule has 11 heteroatoms. The van der Waals surface area contributed by atoms with Crippen molar-refractivity contribution in [3.8, 4) is 0 Å². The first-order chi connectivity index (χ1) is 12.7. The molecule has 0 fully saturated rings. The molecule has 0 unspecified atom stereocenters. The van der Waals surface area contributed by atoms with Crippen molar-refractivity contribution in [2.45, 2.75) is 63.1 Å². The van der Waals surface area contributed by atoms with Crippen LogP contribution < -0.4 is 22.1 Å². The number of rotatable bonds is 15. The summed E-state index contributed by atoms with van der Waals surface area (Å²) in [6.45, 7) is 0.393. The highest BCUT2D eigenvalue weighted by Crippen LogP contribution is 2.04. The summed E-state index contributed by atoms with van der Waals surface area (Å²) in [6.07, 6.45) is 2.05. The zero-order valence-corrected chi connectivity index (χ0v) is 15.0. The van der Waals surface area contributed by atoms with E-state index in [1.54, 1.807) is 6.29 Å². The molecule has 0 aromatic rings. The Labute approximate surface area is 156 Å². The van der Waals surface area contributed by atoms with Gasteiger partial charge in [-0.2, -0.15) is 0 Å². The van der Waals surface area contributed by atoms with E-state index in [1.807, 2.05) is 0 Å². The van der Waals surface area contributed by atoms with E-state index in [0.717, 1.165) is 0 Å². The maximum Gasteiger partial charge on any atom is 0.303 e. The van der Waals surface area contributed by atoms with Crippen molar-refractivity contribution >= 4 is 30.0 Å². The summed E-state index contributed by atoms with van der Waals surface area (Å²) in [5.74, 6) is -3.59. The van der Waals surface area contributed by atoms with Gasteiger partial charge in [-0.3, -0.25) is 24.0 Å². The lowest BCUT2D eigenvalue weighted by molar-refractivity contribution is -0.138. The Morgan fingerprint density at radius 1 is 0.889 bits per heavy atom. The lowest BCUT2D eigenvalue weighted by atomic mass is 10.1. The Morgan fingerprint density at radius 3 is 2.00 bits per heavy atom. The van der Waals surface area contributed by atoms with Gasteiger partial charge in [-0.25, -0.2) is 0 Å². The third-order valence-corrected chi connectivity index (χ3v) is 3.69. The molecule has 2 amide bonds. The fourth-order valence-corrected chi connectivity index (χ4v) is 2.15. The molecule has 0 aromatic carbocycles. The summed E-state index contributed by atoms with van der Waals surface area (Å²) in [5.41, 5.74) is 11.0. The van der Waals surface area contributed by atoms with Gasteiger partial charge in [0.15, 0.2) is 0 Å². The second-order valence-corrected chi connectivity index (χ2v) is 6.00. The first kappa shape index (κ1) is 24.5. The van der Waals surface area contributed by atoms with E-state index in [-0.39, 0.29) is 32.1 Å². The van der Waals surface area contributed by atoms with Crippen molar-refractivity contribution in [3.63, 3.8) is 0 Å².